The number of carbonyl (C=O) groups excluding carboxylic acids is 1. The fourth-order valence-electron chi connectivity index (χ4n) is 4.10. The number of benzene rings is 3. The molecule has 174 valence electrons. The minimum atomic E-state index is -3.30. The standard InChI is InChI=1S/C27H26N2O4S/c1-18-15-25(27(31)28-22-11-13-23(14-12-22)34(3,32)33)19(2)29(18)26-10-5-4-9-24(26)21-8-6-7-20(16-21)17-30/h4-16,30H,17H2,1-3H3,(H,28,31). The maximum absolute atomic E-state index is 13.1. The van der Waals surface area contributed by atoms with E-state index in [9.17, 15) is 18.3 Å². The van der Waals surface area contributed by atoms with Crippen LogP contribution in [0.2, 0.25) is 0 Å². The van der Waals surface area contributed by atoms with Crippen LogP contribution in [-0.2, 0) is 16.4 Å². The second kappa shape index (κ2) is 9.29. The van der Waals surface area contributed by atoms with Crippen LogP contribution in [0.25, 0.3) is 16.8 Å². The van der Waals surface area contributed by atoms with Gasteiger partial charge in [0.15, 0.2) is 9.84 Å². The van der Waals surface area contributed by atoms with Crippen molar-refractivity contribution < 1.29 is 18.3 Å². The molecule has 1 amide bonds. The summed E-state index contributed by atoms with van der Waals surface area (Å²) < 4.78 is 25.4. The molecule has 0 bridgehead atoms. The molecule has 0 radical (unpaired) electrons. The van der Waals surface area contributed by atoms with E-state index in [-0.39, 0.29) is 17.4 Å². The molecule has 3 aromatic carbocycles. The van der Waals surface area contributed by atoms with Gasteiger partial charge in [-0.05, 0) is 67.4 Å². The molecule has 1 aromatic heterocycles. The van der Waals surface area contributed by atoms with E-state index in [0.717, 1.165) is 40.0 Å². The van der Waals surface area contributed by atoms with E-state index >= 15 is 0 Å². The van der Waals surface area contributed by atoms with Crippen LogP contribution in [0.4, 0.5) is 5.69 Å². The molecular weight excluding hydrogens is 448 g/mol. The molecule has 7 heteroatoms. The largest absolute Gasteiger partial charge is 0.392 e. The van der Waals surface area contributed by atoms with E-state index in [1.165, 1.54) is 12.1 Å². The van der Waals surface area contributed by atoms with Gasteiger partial charge in [-0.1, -0.05) is 36.4 Å². The zero-order valence-corrected chi connectivity index (χ0v) is 20.1. The first-order valence-corrected chi connectivity index (χ1v) is 12.7. The van der Waals surface area contributed by atoms with Gasteiger partial charge in [-0.2, -0.15) is 0 Å². The smallest absolute Gasteiger partial charge is 0.257 e. The Morgan fingerprint density at radius 1 is 0.941 bits per heavy atom. The van der Waals surface area contributed by atoms with E-state index in [1.807, 2.05) is 73.0 Å². The highest BCUT2D eigenvalue weighted by molar-refractivity contribution is 7.90. The average molecular weight is 475 g/mol. The van der Waals surface area contributed by atoms with Gasteiger partial charge in [-0.3, -0.25) is 4.79 Å². The quantitative estimate of drug-likeness (QED) is 0.416. The van der Waals surface area contributed by atoms with Crippen molar-refractivity contribution in [2.75, 3.05) is 11.6 Å². The molecule has 0 aliphatic heterocycles. The number of nitrogens with zero attached hydrogens (tertiary/aromatic N) is 1. The summed E-state index contributed by atoms with van der Waals surface area (Å²) in [6.07, 6.45) is 1.15. The molecule has 0 aliphatic rings. The van der Waals surface area contributed by atoms with Crippen LogP contribution in [0, 0.1) is 13.8 Å². The Bertz CT molecular complexity index is 1470. The Morgan fingerprint density at radius 2 is 1.65 bits per heavy atom. The summed E-state index contributed by atoms with van der Waals surface area (Å²) >= 11 is 0. The lowest BCUT2D eigenvalue weighted by atomic mass is 10.0. The van der Waals surface area contributed by atoms with Gasteiger partial charge in [-0.15, -0.1) is 0 Å². The van der Waals surface area contributed by atoms with Crippen molar-refractivity contribution >= 4 is 21.4 Å². The minimum Gasteiger partial charge on any atom is -0.392 e. The van der Waals surface area contributed by atoms with Crippen LogP contribution in [0.1, 0.15) is 27.3 Å². The highest BCUT2D eigenvalue weighted by Crippen LogP contribution is 2.31. The van der Waals surface area contributed by atoms with Gasteiger partial charge in [0.25, 0.3) is 5.91 Å². The Balaban J connectivity index is 1.69. The van der Waals surface area contributed by atoms with E-state index in [0.29, 0.717) is 11.3 Å². The molecule has 1 heterocycles. The van der Waals surface area contributed by atoms with E-state index in [2.05, 4.69) is 5.32 Å². The third-order valence-corrected chi connectivity index (χ3v) is 6.91. The number of aryl methyl sites for hydroxylation is 1. The first-order valence-electron chi connectivity index (χ1n) is 10.8. The average Bonchev–Trinajstić information content (AvgIpc) is 3.12. The molecule has 0 saturated heterocycles. The lowest BCUT2D eigenvalue weighted by Gasteiger charge is -2.16. The lowest BCUT2D eigenvalue weighted by molar-refractivity contribution is 0.102. The Morgan fingerprint density at radius 3 is 2.32 bits per heavy atom. The van der Waals surface area contributed by atoms with Gasteiger partial charge in [0.1, 0.15) is 0 Å². The Labute approximate surface area is 199 Å². The van der Waals surface area contributed by atoms with Crippen LogP contribution >= 0.6 is 0 Å². The van der Waals surface area contributed by atoms with Crippen LogP contribution in [-0.4, -0.2) is 30.3 Å². The van der Waals surface area contributed by atoms with Crippen molar-refractivity contribution in [1.29, 1.82) is 0 Å². The van der Waals surface area contributed by atoms with Crippen molar-refractivity contribution in [3.8, 4) is 16.8 Å². The molecular formula is C27H26N2O4S. The monoisotopic (exact) mass is 474 g/mol. The Hall–Kier alpha value is -3.68. The number of anilines is 1. The molecule has 0 spiro atoms. The normalized spacial score (nSPS) is 11.4. The number of nitrogens with one attached hydrogen (secondary N) is 1. The second-order valence-electron chi connectivity index (χ2n) is 8.25. The fourth-order valence-corrected chi connectivity index (χ4v) is 4.73. The molecule has 6 nitrogen and oxygen atoms in total. The summed E-state index contributed by atoms with van der Waals surface area (Å²) in [6, 6.07) is 23.7. The van der Waals surface area contributed by atoms with Gasteiger partial charge in [-0.25, -0.2) is 8.42 Å². The van der Waals surface area contributed by atoms with Gasteiger partial charge in [0.05, 0.1) is 22.8 Å². The third-order valence-electron chi connectivity index (χ3n) is 5.78. The third kappa shape index (κ3) is 4.66. The van der Waals surface area contributed by atoms with Crippen molar-refractivity contribution in [2.24, 2.45) is 0 Å². The molecule has 0 saturated carbocycles. The number of aromatic nitrogens is 1. The molecule has 2 N–H and O–H groups in total. The lowest BCUT2D eigenvalue weighted by Crippen LogP contribution is -2.13. The zero-order valence-electron chi connectivity index (χ0n) is 19.2. The van der Waals surface area contributed by atoms with Crippen LogP contribution < -0.4 is 5.32 Å². The summed E-state index contributed by atoms with van der Waals surface area (Å²) in [6.45, 7) is 3.81. The first-order chi connectivity index (χ1) is 16.2. The zero-order chi connectivity index (χ0) is 24.5. The summed E-state index contributed by atoms with van der Waals surface area (Å²) in [4.78, 5) is 13.3. The van der Waals surface area contributed by atoms with Gasteiger partial charge in [0.2, 0.25) is 0 Å². The molecule has 0 aliphatic carbocycles. The van der Waals surface area contributed by atoms with Crippen molar-refractivity contribution in [3.05, 3.63) is 101 Å². The summed E-state index contributed by atoms with van der Waals surface area (Å²) in [7, 11) is -3.30. The number of aliphatic hydroxyl groups excluding tert-OH is 1. The molecule has 34 heavy (non-hydrogen) atoms. The van der Waals surface area contributed by atoms with E-state index in [4.69, 9.17) is 0 Å². The summed E-state index contributed by atoms with van der Waals surface area (Å²) in [5, 5.41) is 12.4. The highest BCUT2D eigenvalue weighted by atomic mass is 32.2. The Kier molecular flexibility index (Phi) is 6.41. The number of sulfone groups is 1. The topological polar surface area (TPSA) is 88.4 Å². The van der Waals surface area contributed by atoms with Crippen molar-refractivity contribution in [1.82, 2.24) is 4.57 Å². The number of hydrogen-bond acceptors (Lipinski definition) is 4. The molecule has 0 unspecified atom stereocenters. The fraction of sp³-hybridized carbons (Fsp3) is 0.148. The predicted molar refractivity (Wildman–Crippen MR) is 134 cm³/mol. The molecule has 0 atom stereocenters. The molecule has 4 rings (SSSR count). The predicted octanol–water partition coefficient (Wildman–Crippen LogP) is 4.91. The molecule has 4 aromatic rings. The minimum absolute atomic E-state index is 0.0347. The van der Waals surface area contributed by atoms with Crippen LogP contribution in [0.3, 0.4) is 0 Å². The number of rotatable bonds is 6. The van der Waals surface area contributed by atoms with Crippen LogP contribution in [0.15, 0.2) is 83.8 Å². The number of hydrogen-bond donors (Lipinski definition) is 2. The van der Waals surface area contributed by atoms with Gasteiger partial charge < -0.3 is 15.0 Å². The number of amides is 1. The first kappa shape index (κ1) is 23.5. The highest BCUT2D eigenvalue weighted by Gasteiger charge is 2.19. The van der Waals surface area contributed by atoms with E-state index in [1.54, 1.807) is 12.1 Å². The van der Waals surface area contributed by atoms with Gasteiger partial charge >= 0.3 is 0 Å². The summed E-state index contributed by atoms with van der Waals surface area (Å²) in [5.41, 5.74) is 6.47. The molecule has 0 fully saturated rings. The number of para-hydroxylation sites is 1. The maximum atomic E-state index is 13.1. The maximum Gasteiger partial charge on any atom is 0.257 e. The van der Waals surface area contributed by atoms with Crippen molar-refractivity contribution in [3.63, 3.8) is 0 Å². The second-order valence-corrected chi connectivity index (χ2v) is 10.3. The van der Waals surface area contributed by atoms with E-state index < -0.39 is 9.84 Å². The number of aliphatic hydroxyl groups is 1. The SMILES string of the molecule is Cc1cc(C(=O)Nc2ccc(S(C)(=O)=O)cc2)c(C)n1-c1ccccc1-c1cccc(CO)c1. The van der Waals surface area contributed by atoms with Crippen molar-refractivity contribution in [2.45, 2.75) is 25.3 Å². The number of carbonyl (C=O) groups is 1. The van der Waals surface area contributed by atoms with Crippen LogP contribution in [0.5, 0.6) is 0 Å². The summed E-state index contributed by atoms with van der Waals surface area (Å²) in [5.74, 6) is -0.272. The van der Waals surface area contributed by atoms with Gasteiger partial charge in [0, 0.05) is 28.9 Å².